The first-order chi connectivity index (χ1) is 9.04. The molecule has 0 aromatic carbocycles. The Bertz CT molecular complexity index is 472. The Labute approximate surface area is 111 Å². The Morgan fingerprint density at radius 2 is 2.32 bits per heavy atom. The van der Waals surface area contributed by atoms with E-state index in [2.05, 4.69) is 15.3 Å². The SMILES string of the molecule is COc1c(NCCC(C)CCC(=O)O)nc[nH]c1=O. The molecule has 0 fully saturated rings. The first-order valence-corrected chi connectivity index (χ1v) is 6.12. The van der Waals surface area contributed by atoms with Gasteiger partial charge in [0.2, 0.25) is 5.75 Å². The zero-order chi connectivity index (χ0) is 14.3. The molecule has 0 saturated carbocycles. The monoisotopic (exact) mass is 269 g/mol. The molecule has 1 atom stereocenters. The number of aliphatic carboxylic acids is 1. The summed E-state index contributed by atoms with van der Waals surface area (Å²) in [6, 6.07) is 0. The number of nitrogens with one attached hydrogen (secondary N) is 2. The van der Waals surface area contributed by atoms with Crippen LogP contribution in [0.5, 0.6) is 5.75 Å². The van der Waals surface area contributed by atoms with E-state index in [1.165, 1.54) is 13.4 Å². The first kappa shape index (κ1) is 15.0. The molecule has 1 rings (SSSR count). The van der Waals surface area contributed by atoms with Crippen LogP contribution in [0.2, 0.25) is 0 Å². The molecule has 1 unspecified atom stereocenters. The lowest BCUT2D eigenvalue weighted by molar-refractivity contribution is -0.137. The van der Waals surface area contributed by atoms with Gasteiger partial charge in [-0.3, -0.25) is 9.59 Å². The second-order valence-electron chi connectivity index (χ2n) is 4.37. The fraction of sp³-hybridized carbons (Fsp3) is 0.583. The van der Waals surface area contributed by atoms with Crippen LogP contribution >= 0.6 is 0 Å². The van der Waals surface area contributed by atoms with Crippen molar-refractivity contribution < 1.29 is 14.6 Å². The van der Waals surface area contributed by atoms with Gasteiger partial charge in [-0.1, -0.05) is 6.92 Å². The average Bonchev–Trinajstić information content (AvgIpc) is 2.36. The summed E-state index contributed by atoms with van der Waals surface area (Å²) < 4.78 is 4.97. The van der Waals surface area contributed by atoms with Gasteiger partial charge in [-0.25, -0.2) is 4.98 Å². The third-order valence-electron chi connectivity index (χ3n) is 2.80. The Morgan fingerprint density at radius 3 is 2.95 bits per heavy atom. The van der Waals surface area contributed by atoms with Crippen LogP contribution in [0, 0.1) is 5.92 Å². The van der Waals surface area contributed by atoms with E-state index in [4.69, 9.17) is 9.84 Å². The molecule has 0 spiro atoms. The maximum atomic E-state index is 11.4. The normalized spacial score (nSPS) is 11.9. The standard InChI is InChI=1S/C12H19N3O4/c1-8(3-4-9(16)17)5-6-13-11-10(19-2)12(18)15-7-14-11/h7-8H,3-6H2,1-2H3,(H,16,17)(H2,13,14,15,18). The Balaban J connectivity index is 2.43. The van der Waals surface area contributed by atoms with Crippen LogP contribution in [-0.4, -0.2) is 34.7 Å². The van der Waals surface area contributed by atoms with Crippen LogP contribution < -0.4 is 15.6 Å². The van der Waals surface area contributed by atoms with Crippen LogP contribution in [0.25, 0.3) is 0 Å². The Morgan fingerprint density at radius 1 is 1.58 bits per heavy atom. The van der Waals surface area contributed by atoms with Crippen molar-refractivity contribution in [2.75, 3.05) is 19.0 Å². The third kappa shape index (κ3) is 4.99. The molecule has 106 valence electrons. The van der Waals surface area contributed by atoms with Crippen molar-refractivity contribution in [2.24, 2.45) is 5.92 Å². The van der Waals surface area contributed by atoms with Crippen LogP contribution in [0.1, 0.15) is 26.2 Å². The van der Waals surface area contributed by atoms with Gasteiger partial charge in [0, 0.05) is 13.0 Å². The van der Waals surface area contributed by atoms with Gasteiger partial charge >= 0.3 is 5.97 Å². The number of methoxy groups -OCH3 is 1. The predicted octanol–water partition coefficient (Wildman–Crippen LogP) is 1.08. The molecule has 0 saturated heterocycles. The second-order valence-corrected chi connectivity index (χ2v) is 4.37. The summed E-state index contributed by atoms with van der Waals surface area (Å²) in [5.74, 6) is 0.0618. The molecule has 19 heavy (non-hydrogen) atoms. The van der Waals surface area contributed by atoms with Gasteiger partial charge in [0.1, 0.15) is 0 Å². The molecule has 0 amide bonds. The summed E-state index contributed by atoms with van der Waals surface area (Å²) >= 11 is 0. The van der Waals surface area contributed by atoms with Gasteiger partial charge in [-0.05, 0) is 18.8 Å². The number of hydrogen-bond donors (Lipinski definition) is 3. The van der Waals surface area contributed by atoms with Crippen molar-refractivity contribution in [3.05, 3.63) is 16.7 Å². The van der Waals surface area contributed by atoms with Gasteiger partial charge in [0.15, 0.2) is 5.82 Å². The lowest BCUT2D eigenvalue weighted by atomic mass is 10.0. The van der Waals surface area contributed by atoms with E-state index < -0.39 is 5.97 Å². The molecule has 1 heterocycles. The molecule has 7 heteroatoms. The molecule has 0 bridgehead atoms. The molecule has 0 aliphatic rings. The summed E-state index contributed by atoms with van der Waals surface area (Å²) in [7, 11) is 1.41. The molecule has 0 aliphatic carbocycles. The lowest BCUT2D eigenvalue weighted by Gasteiger charge is -2.12. The Hall–Kier alpha value is -2.05. The van der Waals surface area contributed by atoms with E-state index in [0.29, 0.717) is 18.8 Å². The van der Waals surface area contributed by atoms with Gasteiger partial charge in [0.25, 0.3) is 5.56 Å². The van der Waals surface area contributed by atoms with Crippen LogP contribution in [0.15, 0.2) is 11.1 Å². The maximum absolute atomic E-state index is 11.4. The number of rotatable bonds is 8. The molecule has 7 nitrogen and oxygen atoms in total. The summed E-state index contributed by atoms with van der Waals surface area (Å²) in [5.41, 5.74) is -0.334. The number of hydrogen-bond acceptors (Lipinski definition) is 5. The molecule has 1 aromatic heterocycles. The largest absolute Gasteiger partial charge is 0.489 e. The molecule has 3 N–H and O–H groups in total. The van der Waals surface area contributed by atoms with Crippen molar-refractivity contribution in [2.45, 2.75) is 26.2 Å². The highest BCUT2D eigenvalue weighted by Gasteiger charge is 2.09. The van der Waals surface area contributed by atoms with Gasteiger partial charge in [-0.2, -0.15) is 0 Å². The molecule has 0 aliphatic heterocycles. The number of carboxylic acids is 1. The highest BCUT2D eigenvalue weighted by atomic mass is 16.5. The van der Waals surface area contributed by atoms with E-state index in [9.17, 15) is 9.59 Å². The smallest absolute Gasteiger partial charge is 0.303 e. The van der Waals surface area contributed by atoms with Crippen LogP contribution in [0.3, 0.4) is 0 Å². The number of aromatic nitrogens is 2. The summed E-state index contributed by atoms with van der Waals surface area (Å²) in [5, 5.41) is 11.6. The van der Waals surface area contributed by atoms with Gasteiger partial charge in [0.05, 0.1) is 13.4 Å². The zero-order valence-corrected chi connectivity index (χ0v) is 11.1. The first-order valence-electron chi connectivity index (χ1n) is 6.12. The van der Waals surface area contributed by atoms with Crippen molar-refractivity contribution in [1.82, 2.24) is 9.97 Å². The number of nitrogens with zero attached hydrogens (tertiary/aromatic N) is 1. The number of H-pyrrole nitrogens is 1. The summed E-state index contributed by atoms with van der Waals surface area (Å²) in [4.78, 5) is 28.3. The van der Waals surface area contributed by atoms with E-state index >= 15 is 0 Å². The van der Waals surface area contributed by atoms with Crippen LogP contribution in [-0.2, 0) is 4.79 Å². The second kappa shape index (κ2) is 7.40. The summed E-state index contributed by atoms with van der Waals surface area (Å²) in [6.07, 6.45) is 2.91. The molecular weight excluding hydrogens is 250 g/mol. The van der Waals surface area contributed by atoms with E-state index in [1.54, 1.807) is 0 Å². The van der Waals surface area contributed by atoms with Gasteiger partial charge in [-0.15, -0.1) is 0 Å². The molecule has 1 aromatic rings. The lowest BCUT2D eigenvalue weighted by Crippen LogP contribution is -2.15. The highest BCUT2D eigenvalue weighted by molar-refractivity contribution is 5.66. The number of carboxylic acid groups (broad SMARTS) is 1. The minimum Gasteiger partial charge on any atom is -0.489 e. The number of aromatic amines is 1. The fourth-order valence-corrected chi connectivity index (χ4v) is 1.65. The number of carbonyl (C=O) groups is 1. The van der Waals surface area contributed by atoms with E-state index in [0.717, 1.165) is 6.42 Å². The molecular formula is C12H19N3O4. The van der Waals surface area contributed by atoms with Crippen LogP contribution in [0.4, 0.5) is 5.82 Å². The minimum absolute atomic E-state index is 0.153. The minimum atomic E-state index is -0.780. The van der Waals surface area contributed by atoms with E-state index in [-0.39, 0.29) is 23.6 Å². The van der Waals surface area contributed by atoms with Crippen molar-refractivity contribution in [3.63, 3.8) is 0 Å². The number of ether oxygens (including phenoxy) is 1. The third-order valence-corrected chi connectivity index (χ3v) is 2.80. The predicted molar refractivity (Wildman–Crippen MR) is 70.6 cm³/mol. The Kier molecular flexibility index (Phi) is 5.84. The van der Waals surface area contributed by atoms with Gasteiger partial charge < -0.3 is 20.1 Å². The molecule has 0 radical (unpaired) electrons. The topological polar surface area (TPSA) is 104 Å². The summed E-state index contributed by atoms with van der Waals surface area (Å²) in [6.45, 7) is 2.60. The average molecular weight is 269 g/mol. The number of anilines is 1. The van der Waals surface area contributed by atoms with Crippen molar-refractivity contribution in [3.8, 4) is 5.75 Å². The quantitative estimate of drug-likeness (QED) is 0.652. The van der Waals surface area contributed by atoms with Crippen molar-refractivity contribution in [1.29, 1.82) is 0 Å². The highest BCUT2D eigenvalue weighted by Crippen LogP contribution is 2.16. The van der Waals surface area contributed by atoms with E-state index in [1.807, 2.05) is 6.92 Å². The maximum Gasteiger partial charge on any atom is 0.303 e. The fourth-order valence-electron chi connectivity index (χ4n) is 1.65. The zero-order valence-electron chi connectivity index (χ0n) is 11.1. The van der Waals surface area contributed by atoms with Crippen molar-refractivity contribution >= 4 is 11.8 Å².